The van der Waals surface area contributed by atoms with E-state index in [1.807, 2.05) is 6.07 Å². The summed E-state index contributed by atoms with van der Waals surface area (Å²) in [6, 6.07) is 12.0. The molecule has 0 spiro atoms. The van der Waals surface area contributed by atoms with Crippen LogP contribution in [0.1, 0.15) is 10.4 Å². The SMILES string of the molecule is CNC(=O)c1ccnc2c3c(ccc12)-c1ccccc1S(=O)(=O)N3. The Balaban J connectivity index is 2.10. The first-order chi connectivity index (χ1) is 11.5. The van der Waals surface area contributed by atoms with E-state index >= 15 is 0 Å². The van der Waals surface area contributed by atoms with Crippen molar-refractivity contribution in [2.75, 3.05) is 11.8 Å². The molecule has 0 fully saturated rings. The van der Waals surface area contributed by atoms with Crippen molar-refractivity contribution in [1.82, 2.24) is 10.3 Å². The summed E-state index contributed by atoms with van der Waals surface area (Å²) in [6.07, 6.45) is 1.50. The number of carbonyl (C=O) groups is 1. The normalized spacial score (nSPS) is 14.4. The lowest BCUT2D eigenvalue weighted by Gasteiger charge is -2.22. The standard InChI is InChI=1S/C17H13N3O3S/c1-18-17(21)13-8-9-19-15-12(13)7-6-11-10-4-2-3-5-14(10)24(22,23)20-16(11)15/h2-9,20H,1H3,(H,18,21). The number of hydrogen-bond donors (Lipinski definition) is 2. The minimum Gasteiger partial charge on any atom is -0.355 e. The maximum atomic E-state index is 12.5. The predicted octanol–water partition coefficient (Wildman–Crippen LogP) is 2.38. The van der Waals surface area contributed by atoms with Gasteiger partial charge in [-0.3, -0.25) is 14.5 Å². The topological polar surface area (TPSA) is 88.2 Å². The van der Waals surface area contributed by atoms with Crippen LogP contribution in [-0.4, -0.2) is 26.4 Å². The Morgan fingerprint density at radius 1 is 1.08 bits per heavy atom. The highest BCUT2D eigenvalue weighted by atomic mass is 32.2. The van der Waals surface area contributed by atoms with E-state index in [-0.39, 0.29) is 10.8 Å². The second kappa shape index (κ2) is 5.04. The molecule has 0 atom stereocenters. The van der Waals surface area contributed by atoms with Crippen molar-refractivity contribution in [3.63, 3.8) is 0 Å². The molecule has 4 rings (SSSR count). The third-order valence-corrected chi connectivity index (χ3v) is 5.50. The smallest absolute Gasteiger partial charge is 0.262 e. The van der Waals surface area contributed by atoms with Gasteiger partial charge in [0.15, 0.2) is 0 Å². The van der Waals surface area contributed by atoms with E-state index in [9.17, 15) is 13.2 Å². The zero-order valence-corrected chi connectivity index (χ0v) is 13.5. The van der Waals surface area contributed by atoms with E-state index < -0.39 is 10.0 Å². The molecular formula is C17H13N3O3S. The van der Waals surface area contributed by atoms with Gasteiger partial charge in [0, 0.05) is 29.8 Å². The molecule has 6 nitrogen and oxygen atoms in total. The first kappa shape index (κ1) is 14.6. The summed E-state index contributed by atoms with van der Waals surface area (Å²) in [4.78, 5) is 16.6. The number of rotatable bonds is 1. The Bertz CT molecular complexity index is 1110. The number of nitrogens with one attached hydrogen (secondary N) is 2. The molecule has 1 amide bonds. The van der Waals surface area contributed by atoms with Crippen LogP contribution in [0.2, 0.25) is 0 Å². The van der Waals surface area contributed by atoms with Crippen LogP contribution in [0, 0.1) is 0 Å². The molecule has 1 aliphatic heterocycles. The number of anilines is 1. The molecule has 0 unspecified atom stereocenters. The summed E-state index contributed by atoms with van der Waals surface area (Å²) < 4.78 is 27.7. The molecule has 1 aromatic heterocycles. The zero-order chi connectivity index (χ0) is 16.9. The molecule has 2 aromatic carbocycles. The first-order valence-electron chi connectivity index (χ1n) is 7.29. The van der Waals surface area contributed by atoms with E-state index in [0.29, 0.717) is 27.7 Å². The Kier molecular flexibility index (Phi) is 3.07. The van der Waals surface area contributed by atoms with Gasteiger partial charge in [-0.25, -0.2) is 8.42 Å². The zero-order valence-electron chi connectivity index (χ0n) is 12.7. The Morgan fingerprint density at radius 3 is 2.67 bits per heavy atom. The highest BCUT2D eigenvalue weighted by Crippen LogP contribution is 2.42. The molecule has 0 saturated carbocycles. The maximum Gasteiger partial charge on any atom is 0.262 e. The van der Waals surface area contributed by atoms with E-state index in [4.69, 9.17) is 0 Å². The molecule has 1 aliphatic rings. The molecule has 2 heterocycles. The van der Waals surface area contributed by atoms with Crippen LogP contribution in [-0.2, 0) is 10.0 Å². The van der Waals surface area contributed by atoms with Gasteiger partial charge in [-0.05, 0) is 12.1 Å². The van der Waals surface area contributed by atoms with Crippen LogP contribution < -0.4 is 10.0 Å². The highest BCUT2D eigenvalue weighted by molar-refractivity contribution is 7.93. The van der Waals surface area contributed by atoms with E-state index in [1.54, 1.807) is 43.4 Å². The molecule has 0 saturated heterocycles. The molecule has 0 radical (unpaired) electrons. The second-order valence-corrected chi connectivity index (χ2v) is 7.07. The van der Waals surface area contributed by atoms with Crippen LogP contribution in [0.5, 0.6) is 0 Å². The third-order valence-electron chi connectivity index (χ3n) is 4.09. The van der Waals surface area contributed by atoms with Gasteiger partial charge < -0.3 is 5.32 Å². The van der Waals surface area contributed by atoms with Gasteiger partial charge in [0.25, 0.3) is 15.9 Å². The lowest BCUT2D eigenvalue weighted by atomic mass is 9.99. The van der Waals surface area contributed by atoms with Gasteiger partial charge in [-0.2, -0.15) is 0 Å². The van der Waals surface area contributed by atoms with Gasteiger partial charge in [-0.1, -0.05) is 30.3 Å². The van der Waals surface area contributed by atoms with Crippen LogP contribution in [0.15, 0.2) is 53.6 Å². The van der Waals surface area contributed by atoms with Gasteiger partial charge in [0.05, 0.1) is 21.7 Å². The Hall–Kier alpha value is -2.93. The van der Waals surface area contributed by atoms with Gasteiger partial charge in [0.2, 0.25) is 0 Å². The van der Waals surface area contributed by atoms with Crippen molar-refractivity contribution >= 4 is 32.5 Å². The van der Waals surface area contributed by atoms with Crippen molar-refractivity contribution < 1.29 is 13.2 Å². The molecule has 0 bridgehead atoms. The second-order valence-electron chi connectivity index (χ2n) is 5.42. The van der Waals surface area contributed by atoms with E-state index in [1.165, 1.54) is 6.20 Å². The number of hydrogen-bond acceptors (Lipinski definition) is 4. The van der Waals surface area contributed by atoms with Crippen LogP contribution in [0.3, 0.4) is 0 Å². The predicted molar refractivity (Wildman–Crippen MR) is 91.4 cm³/mol. The first-order valence-corrected chi connectivity index (χ1v) is 8.77. The molecule has 3 aromatic rings. The number of amides is 1. The fourth-order valence-corrected chi connectivity index (χ4v) is 4.30. The lowest BCUT2D eigenvalue weighted by Crippen LogP contribution is -2.20. The number of aromatic nitrogens is 1. The monoisotopic (exact) mass is 339 g/mol. The van der Waals surface area contributed by atoms with Crippen molar-refractivity contribution in [3.05, 3.63) is 54.2 Å². The van der Waals surface area contributed by atoms with Crippen molar-refractivity contribution in [2.24, 2.45) is 0 Å². The summed E-state index contributed by atoms with van der Waals surface area (Å²) in [5.41, 5.74) is 2.67. The molecule has 24 heavy (non-hydrogen) atoms. The molecule has 2 N–H and O–H groups in total. The third kappa shape index (κ3) is 1.98. The Morgan fingerprint density at radius 2 is 1.88 bits per heavy atom. The highest BCUT2D eigenvalue weighted by Gasteiger charge is 2.29. The molecule has 0 aliphatic carbocycles. The summed E-state index contributed by atoms with van der Waals surface area (Å²) in [7, 11) is -2.13. The van der Waals surface area contributed by atoms with Crippen molar-refractivity contribution in [2.45, 2.75) is 4.90 Å². The quantitative estimate of drug-likeness (QED) is 0.712. The number of nitrogens with zero attached hydrogens (tertiary/aromatic N) is 1. The Labute approximate surface area is 138 Å². The summed E-state index contributed by atoms with van der Waals surface area (Å²) in [6.45, 7) is 0. The minimum absolute atomic E-state index is 0.235. The van der Waals surface area contributed by atoms with Gasteiger partial charge in [0.1, 0.15) is 0 Å². The summed E-state index contributed by atoms with van der Waals surface area (Å²) >= 11 is 0. The number of pyridine rings is 1. The largest absolute Gasteiger partial charge is 0.355 e. The maximum absolute atomic E-state index is 12.5. The molecule has 120 valence electrons. The molecular weight excluding hydrogens is 326 g/mol. The average molecular weight is 339 g/mol. The van der Waals surface area contributed by atoms with Crippen LogP contribution in [0.4, 0.5) is 5.69 Å². The van der Waals surface area contributed by atoms with Crippen molar-refractivity contribution in [3.8, 4) is 11.1 Å². The number of benzene rings is 2. The summed E-state index contributed by atoms with van der Waals surface area (Å²) in [5.74, 6) is -0.249. The van der Waals surface area contributed by atoms with Crippen LogP contribution >= 0.6 is 0 Å². The fraction of sp³-hybridized carbons (Fsp3) is 0.0588. The van der Waals surface area contributed by atoms with Crippen LogP contribution in [0.25, 0.3) is 22.0 Å². The van der Waals surface area contributed by atoms with Gasteiger partial charge >= 0.3 is 0 Å². The minimum atomic E-state index is -3.68. The average Bonchev–Trinajstić information content (AvgIpc) is 2.60. The lowest BCUT2D eigenvalue weighted by molar-refractivity contribution is 0.0964. The van der Waals surface area contributed by atoms with Gasteiger partial charge in [-0.15, -0.1) is 0 Å². The number of carbonyl (C=O) groups excluding carboxylic acids is 1. The summed E-state index contributed by atoms with van der Waals surface area (Å²) in [5, 5.41) is 3.18. The fourth-order valence-electron chi connectivity index (χ4n) is 2.99. The number of fused-ring (bicyclic) bond motifs is 5. The number of sulfonamides is 1. The van der Waals surface area contributed by atoms with Crippen molar-refractivity contribution in [1.29, 1.82) is 0 Å². The molecule has 7 heteroatoms. The van der Waals surface area contributed by atoms with E-state index in [2.05, 4.69) is 15.0 Å². The van der Waals surface area contributed by atoms with E-state index in [0.717, 1.165) is 5.56 Å².